The highest BCUT2D eigenvalue weighted by molar-refractivity contribution is 9.10. The van der Waals surface area contributed by atoms with Gasteiger partial charge in [0.2, 0.25) is 11.8 Å². The normalized spacial score (nSPS) is 10.3. The minimum Gasteiger partial charge on any atom is -0.480 e. The monoisotopic (exact) mass is 325 g/mol. The topological polar surface area (TPSA) is 38.2 Å². The van der Waals surface area contributed by atoms with Gasteiger partial charge in [-0.1, -0.05) is 12.1 Å². The van der Waals surface area contributed by atoms with E-state index in [1.807, 2.05) is 18.0 Å². The fourth-order valence-corrected chi connectivity index (χ4v) is 2.00. The van der Waals surface area contributed by atoms with Crippen molar-refractivity contribution in [1.82, 2.24) is 9.97 Å². The van der Waals surface area contributed by atoms with Crippen LogP contribution in [-0.2, 0) is 6.54 Å². The number of benzene rings is 1. The van der Waals surface area contributed by atoms with E-state index in [0.29, 0.717) is 22.8 Å². The Hall–Kier alpha value is -1.69. The molecule has 0 radical (unpaired) electrons. The van der Waals surface area contributed by atoms with E-state index in [1.54, 1.807) is 19.4 Å². The molecule has 0 N–H and O–H groups in total. The molecule has 0 aliphatic heterocycles. The Morgan fingerprint density at radius 1 is 1.42 bits per heavy atom. The fourth-order valence-electron chi connectivity index (χ4n) is 1.65. The van der Waals surface area contributed by atoms with Crippen LogP contribution in [0.1, 0.15) is 5.56 Å². The van der Waals surface area contributed by atoms with E-state index in [2.05, 4.69) is 25.9 Å². The maximum atomic E-state index is 13.1. The third-order valence-electron chi connectivity index (χ3n) is 2.54. The molecule has 1 aromatic carbocycles. The minimum absolute atomic E-state index is 0.250. The predicted octanol–water partition coefficient (Wildman–Crippen LogP) is 3.02. The molecule has 0 aliphatic carbocycles. The van der Waals surface area contributed by atoms with Crippen molar-refractivity contribution in [2.45, 2.75) is 6.54 Å². The van der Waals surface area contributed by atoms with E-state index in [1.165, 1.54) is 12.1 Å². The first-order valence-electron chi connectivity index (χ1n) is 5.62. The third kappa shape index (κ3) is 3.41. The van der Waals surface area contributed by atoms with Gasteiger partial charge in [-0.3, -0.25) is 0 Å². The second kappa shape index (κ2) is 5.97. The summed E-state index contributed by atoms with van der Waals surface area (Å²) in [7, 11) is 3.39. The summed E-state index contributed by atoms with van der Waals surface area (Å²) in [4.78, 5) is 10.3. The molecule has 0 fully saturated rings. The summed E-state index contributed by atoms with van der Waals surface area (Å²) in [6.07, 6.45) is 1.63. The van der Waals surface area contributed by atoms with Crippen molar-refractivity contribution in [2.75, 3.05) is 19.1 Å². The summed E-state index contributed by atoms with van der Waals surface area (Å²) in [5.41, 5.74) is 0.855. The number of nitrogens with zero attached hydrogens (tertiary/aromatic N) is 3. The molecule has 0 aliphatic rings. The van der Waals surface area contributed by atoms with Gasteiger partial charge < -0.3 is 9.64 Å². The number of anilines is 1. The zero-order valence-corrected chi connectivity index (χ0v) is 12.2. The lowest BCUT2D eigenvalue weighted by Crippen LogP contribution is -2.19. The van der Waals surface area contributed by atoms with Gasteiger partial charge in [-0.15, -0.1) is 0 Å². The standard InChI is InChI=1S/C13H13BrFN3O/c1-18(8-9-4-3-5-10(15)6-9)13-16-7-11(14)12(17-13)19-2/h3-7H,8H2,1-2H3. The van der Waals surface area contributed by atoms with Crippen molar-refractivity contribution in [1.29, 1.82) is 0 Å². The second-order valence-electron chi connectivity index (χ2n) is 4.01. The van der Waals surface area contributed by atoms with Crippen LogP contribution in [0.15, 0.2) is 34.9 Å². The highest BCUT2D eigenvalue weighted by Crippen LogP contribution is 2.23. The zero-order chi connectivity index (χ0) is 13.8. The Kier molecular flexibility index (Phi) is 4.31. The minimum atomic E-state index is -0.250. The van der Waals surface area contributed by atoms with Gasteiger partial charge in [-0.05, 0) is 33.6 Å². The van der Waals surface area contributed by atoms with Gasteiger partial charge >= 0.3 is 0 Å². The van der Waals surface area contributed by atoms with Crippen molar-refractivity contribution in [3.8, 4) is 5.88 Å². The molecule has 0 saturated carbocycles. The van der Waals surface area contributed by atoms with E-state index in [4.69, 9.17) is 4.74 Å². The van der Waals surface area contributed by atoms with Gasteiger partial charge in [0, 0.05) is 13.6 Å². The van der Waals surface area contributed by atoms with Crippen LogP contribution in [0.4, 0.5) is 10.3 Å². The Bertz CT molecular complexity index is 580. The molecule has 19 heavy (non-hydrogen) atoms. The van der Waals surface area contributed by atoms with E-state index < -0.39 is 0 Å². The lowest BCUT2D eigenvalue weighted by molar-refractivity contribution is 0.394. The maximum absolute atomic E-state index is 13.1. The third-order valence-corrected chi connectivity index (χ3v) is 3.09. The Balaban J connectivity index is 2.18. The van der Waals surface area contributed by atoms with Crippen LogP contribution >= 0.6 is 15.9 Å². The van der Waals surface area contributed by atoms with Gasteiger partial charge in [-0.2, -0.15) is 4.98 Å². The summed E-state index contributed by atoms with van der Waals surface area (Å²) in [6, 6.07) is 6.45. The van der Waals surface area contributed by atoms with Crippen molar-refractivity contribution < 1.29 is 9.13 Å². The zero-order valence-electron chi connectivity index (χ0n) is 10.6. The first-order valence-corrected chi connectivity index (χ1v) is 6.41. The van der Waals surface area contributed by atoms with Crippen molar-refractivity contribution in [2.24, 2.45) is 0 Å². The van der Waals surface area contributed by atoms with E-state index >= 15 is 0 Å². The molecule has 2 rings (SSSR count). The Morgan fingerprint density at radius 2 is 2.21 bits per heavy atom. The quantitative estimate of drug-likeness (QED) is 0.866. The van der Waals surface area contributed by atoms with Crippen molar-refractivity contribution in [3.05, 3.63) is 46.3 Å². The highest BCUT2D eigenvalue weighted by atomic mass is 79.9. The summed E-state index contributed by atoms with van der Waals surface area (Å²) in [6.45, 7) is 0.516. The van der Waals surface area contributed by atoms with Crippen LogP contribution in [0.2, 0.25) is 0 Å². The van der Waals surface area contributed by atoms with Gasteiger partial charge in [-0.25, -0.2) is 9.37 Å². The lowest BCUT2D eigenvalue weighted by Gasteiger charge is -2.17. The average Bonchev–Trinajstić information content (AvgIpc) is 2.39. The van der Waals surface area contributed by atoms with Crippen LogP contribution in [0.3, 0.4) is 0 Å². The first-order chi connectivity index (χ1) is 9.10. The van der Waals surface area contributed by atoms with Crippen molar-refractivity contribution >= 4 is 21.9 Å². The molecule has 0 unspecified atom stereocenters. The van der Waals surface area contributed by atoms with Gasteiger partial charge in [0.05, 0.1) is 17.8 Å². The number of aromatic nitrogens is 2. The Morgan fingerprint density at radius 3 is 2.89 bits per heavy atom. The van der Waals surface area contributed by atoms with Crippen LogP contribution in [-0.4, -0.2) is 24.1 Å². The molecular weight excluding hydrogens is 313 g/mol. The summed E-state index contributed by atoms with van der Waals surface area (Å²) < 4.78 is 18.9. The first kappa shape index (κ1) is 13.7. The molecule has 0 spiro atoms. The molecule has 1 heterocycles. The molecule has 0 atom stereocenters. The molecule has 0 amide bonds. The van der Waals surface area contributed by atoms with Gasteiger partial charge in [0.15, 0.2) is 0 Å². The number of ether oxygens (including phenoxy) is 1. The van der Waals surface area contributed by atoms with E-state index in [0.717, 1.165) is 5.56 Å². The van der Waals surface area contributed by atoms with E-state index in [-0.39, 0.29) is 5.82 Å². The number of methoxy groups -OCH3 is 1. The molecular formula is C13H13BrFN3O. The largest absolute Gasteiger partial charge is 0.480 e. The van der Waals surface area contributed by atoms with Crippen molar-refractivity contribution in [3.63, 3.8) is 0 Å². The summed E-state index contributed by atoms with van der Waals surface area (Å²) in [5, 5.41) is 0. The number of halogens is 2. The van der Waals surface area contributed by atoms with Crippen LogP contribution < -0.4 is 9.64 Å². The predicted molar refractivity (Wildman–Crippen MR) is 74.8 cm³/mol. The van der Waals surface area contributed by atoms with Gasteiger partial charge in [0.25, 0.3) is 0 Å². The van der Waals surface area contributed by atoms with Crippen LogP contribution in [0, 0.1) is 5.82 Å². The number of hydrogen-bond donors (Lipinski definition) is 0. The SMILES string of the molecule is COc1nc(N(C)Cc2cccc(F)c2)ncc1Br. The molecule has 0 bridgehead atoms. The molecule has 2 aromatic rings. The van der Waals surface area contributed by atoms with Crippen LogP contribution in [0.25, 0.3) is 0 Å². The number of rotatable bonds is 4. The second-order valence-corrected chi connectivity index (χ2v) is 4.87. The molecule has 100 valence electrons. The fraction of sp³-hybridized carbons (Fsp3) is 0.231. The molecule has 0 saturated heterocycles. The summed E-state index contributed by atoms with van der Waals surface area (Å²) in [5.74, 6) is 0.737. The average molecular weight is 326 g/mol. The maximum Gasteiger partial charge on any atom is 0.232 e. The number of hydrogen-bond acceptors (Lipinski definition) is 4. The molecule has 1 aromatic heterocycles. The smallest absolute Gasteiger partial charge is 0.232 e. The Labute approximate surface area is 119 Å². The van der Waals surface area contributed by atoms with Gasteiger partial charge in [0.1, 0.15) is 5.82 Å². The highest BCUT2D eigenvalue weighted by Gasteiger charge is 2.09. The lowest BCUT2D eigenvalue weighted by atomic mass is 10.2. The molecule has 6 heteroatoms. The van der Waals surface area contributed by atoms with Crippen LogP contribution in [0.5, 0.6) is 5.88 Å². The van der Waals surface area contributed by atoms with E-state index in [9.17, 15) is 4.39 Å². The molecule has 4 nitrogen and oxygen atoms in total. The summed E-state index contributed by atoms with van der Waals surface area (Å²) >= 11 is 3.30.